The molecule has 6 rings (SSSR count). The fourth-order valence-electron chi connectivity index (χ4n) is 5.55. The van der Waals surface area contributed by atoms with Crippen LogP contribution in [0.5, 0.6) is 0 Å². The number of aliphatic hydroxyl groups is 1. The number of amides is 1. The van der Waals surface area contributed by atoms with Crippen molar-refractivity contribution in [3.63, 3.8) is 0 Å². The van der Waals surface area contributed by atoms with Crippen LogP contribution in [0.1, 0.15) is 48.0 Å². The molecule has 2 aliphatic carbocycles. The first-order valence-corrected chi connectivity index (χ1v) is 10.6. The van der Waals surface area contributed by atoms with Crippen LogP contribution in [0.3, 0.4) is 0 Å². The third-order valence-corrected chi connectivity index (χ3v) is 7.16. The monoisotopic (exact) mass is 397 g/mol. The van der Waals surface area contributed by atoms with Gasteiger partial charge in [-0.1, -0.05) is 66.7 Å². The summed E-state index contributed by atoms with van der Waals surface area (Å²) in [6.45, 7) is 0.289. The van der Waals surface area contributed by atoms with Crippen molar-refractivity contribution in [2.75, 3.05) is 11.5 Å². The molecule has 1 unspecified atom stereocenters. The predicted octanol–water partition coefficient (Wildman–Crippen LogP) is 5.41. The van der Waals surface area contributed by atoms with Crippen LogP contribution < -0.4 is 4.90 Å². The SMILES string of the molecule is O=C(OCC1c2ccccc2-c2ccccc21)N1c2ccccc2C(O)C12CCC2. The lowest BCUT2D eigenvalue weighted by Crippen LogP contribution is -2.56. The van der Waals surface area contributed by atoms with E-state index in [9.17, 15) is 9.90 Å². The zero-order valence-electron chi connectivity index (χ0n) is 16.6. The smallest absolute Gasteiger partial charge is 0.414 e. The first kappa shape index (κ1) is 17.7. The van der Waals surface area contributed by atoms with E-state index in [0.717, 1.165) is 30.5 Å². The summed E-state index contributed by atoms with van der Waals surface area (Å²) < 4.78 is 5.94. The topological polar surface area (TPSA) is 49.8 Å². The zero-order valence-corrected chi connectivity index (χ0v) is 16.6. The summed E-state index contributed by atoms with van der Waals surface area (Å²) in [4.78, 5) is 15.1. The lowest BCUT2D eigenvalue weighted by Gasteiger charge is -2.47. The molecule has 1 spiro atoms. The molecule has 4 heteroatoms. The van der Waals surface area contributed by atoms with E-state index >= 15 is 0 Å². The molecule has 1 amide bonds. The molecule has 3 aromatic rings. The highest BCUT2D eigenvalue weighted by Gasteiger charge is 2.57. The van der Waals surface area contributed by atoms with Gasteiger partial charge >= 0.3 is 6.09 Å². The molecule has 3 aromatic carbocycles. The molecule has 1 heterocycles. The van der Waals surface area contributed by atoms with E-state index in [2.05, 4.69) is 24.3 Å². The van der Waals surface area contributed by atoms with Gasteiger partial charge in [0.2, 0.25) is 0 Å². The van der Waals surface area contributed by atoms with Gasteiger partial charge in [0, 0.05) is 11.5 Å². The Morgan fingerprint density at radius 1 is 0.900 bits per heavy atom. The van der Waals surface area contributed by atoms with Gasteiger partial charge in [-0.3, -0.25) is 4.90 Å². The van der Waals surface area contributed by atoms with E-state index in [-0.39, 0.29) is 18.6 Å². The Bertz CT molecular complexity index is 1100. The van der Waals surface area contributed by atoms with Gasteiger partial charge in [0.1, 0.15) is 12.7 Å². The van der Waals surface area contributed by atoms with Crippen LogP contribution in [-0.2, 0) is 4.74 Å². The van der Waals surface area contributed by atoms with E-state index in [1.807, 2.05) is 48.5 Å². The molecular weight excluding hydrogens is 374 g/mol. The standard InChI is InChI=1S/C26H23NO3/c28-24-21-12-5-6-13-23(21)27(26(24)14-7-15-26)25(29)30-16-22-19-10-3-1-8-17(19)18-9-2-4-11-20(18)22/h1-6,8-13,22,24,28H,7,14-16H2. The Labute approximate surface area is 175 Å². The van der Waals surface area contributed by atoms with Gasteiger partial charge in [-0.05, 0) is 47.6 Å². The second kappa shape index (κ2) is 6.44. The maximum Gasteiger partial charge on any atom is 0.414 e. The minimum absolute atomic E-state index is 0.0291. The lowest BCUT2D eigenvalue weighted by atomic mass is 9.72. The summed E-state index contributed by atoms with van der Waals surface area (Å²) in [6.07, 6.45) is 1.60. The van der Waals surface area contributed by atoms with Crippen molar-refractivity contribution in [2.45, 2.75) is 36.8 Å². The Kier molecular flexibility index (Phi) is 3.81. The molecule has 1 saturated carbocycles. The Morgan fingerprint density at radius 3 is 2.07 bits per heavy atom. The Balaban J connectivity index is 1.31. The maximum atomic E-state index is 13.3. The molecular formula is C26H23NO3. The second-order valence-electron chi connectivity index (χ2n) is 8.56. The van der Waals surface area contributed by atoms with Crippen LogP contribution in [-0.4, -0.2) is 23.3 Å². The predicted molar refractivity (Wildman–Crippen MR) is 116 cm³/mol. The molecule has 3 aliphatic rings. The third kappa shape index (κ3) is 2.28. The second-order valence-corrected chi connectivity index (χ2v) is 8.56. The Hall–Kier alpha value is -3.11. The van der Waals surface area contributed by atoms with Gasteiger partial charge in [-0.15, -0.1) is 0 Å². The molecule has 0 aromatic heterocycles. The number of hydrogen-bond acceptors (Lipinski definition) is 3. The number of ether oxygens (including phenoxy) is 1. The molecule has 0 saturated heterocycles. The fourth-order valence-corrected chi connectivity index (χ4v) is 5.55. The maximum absolute atomic E-state index is 13.3. The van der Waals surface area contributed by atoms with Crippen LogP contribution in [0.15, 0.2) is 72.8 Å². The van der Waals surface area contributed by atoms with E-state index in [1.54, 1.807) is 4.90 Å². The van der Waals surface area contributed by atoms with Gasteiger partial charge in [0.05, 0.1) is 11.2 Å². The number of fused-ring (bicyclic) bond motifs is 4. The number of aliphatic hydroxyl groups excluding tert-OH is 1. The molecule has 0 bridgehead atoms. The van der Waals surface area contributed by atoms with Crippen molar-refractivity contribution >= 4 is 11.8 Å². The molecule has 150 valence electrons. The molecule has 1 fully saturated rings. The first-order chi connectivity index (χ1) is 14.7. The van der Waals surface area contributed by atoms with Gasteiger partial charge in [0.15, 0.2) is 0 Å². The number of nitrogens with zero attached hydrogens (tertiary/aromatic N) is 1. The number of hydrogen-bond donors (Lipinski definition) is 1. The summed E-state index contributed by atoms with van der Waals surface area (Å²) in [5, 5.41) is 11.0. The summed E-state index contributed by atoms with van der Waals surface area (Å²) in [6, 6.07) is 24.3. The third-order valence-electron chi connectivity index (χ3n) is 7.16. The average Bonchev–Trinajstić information content (AvgIpc) is 3.22. The van der Waals surface area contributed by atoms with Crippen molar-refractivity contribution in [3.05, 3.63) is 89.5 Å². The number of carbonyl (C=O) groups excluding carboxylic acids is 1. The minimum atomic E-state index is -0.650. The van der Waals surface area contributed by atoms with E-state index < -0.39 is 11.6 Å². The van der Waals surface area contributed by atoms with E-state index in [1.165, 1.54) is 22.3 Å². The molecule has 0 radical (unpaired) electrons. The number of para-hydroxylation sites is 1. The van der Waals surface area contributed by atoms with Gasteiger partial charge in [-0.2, -0.15) is 0 Å². The fraction of sp³-hybridized carbons (Fsp3) is 0.269. The molecule has 4 nitrogen and oxygen atoms in total. The number of carbonyl (C=O) groups is 1. The van der Waals surface area contributed by atoms with Crippen LogP contribution >= 0.6 is 0 Å². The zero-order chi connectivity index (χ0) is 20.3. The van der Waals surface area contributed by atoms with E-state index in [0.29, 0.717) is 0 Å². The van der Waals surface area contributed by atoms with Crippen molar-refractivity contribution in [3.8, 4) is 11.1 Å². The van der Waals surface area contributed by atoms with Crippen molar-refractivity contribution in [2.24, 2.45) is 0 Å². The summed E-state index contributed by atoms with van der Waals surface area (Å²) in [7, 11) is 0. The number of benzene rings is 3. The largest absolute Gasteiger partial charge is 0.448 e. The first-order valence-electron chi connectivity index (χ1n) is 10.6. The van der Waals surface area contributed by atoms with Crippen molar-refractivity contribution in [1.82, 2.24) is 0 Å². The van der Waals surface area contributed by atoms with Crippen LogP contribution in [0.2, 0.25) is 0 Å². The molecule has 30 heavy (non-hydrogen) atoms. The highest BCUT2D eigenvalue weighted by Crippen LogP contribution is 2.56. The highest BCUT2D eigenvalue weighted by molar-refractivity contribution is 5.93. The number of rotatable bonds is 2. The summed E-state index contributed by atoms with van der Waals surface area (Å²) >= 11 is 0. The highest BCUT2D eigenvalue weighted by atomic mass is 16.6. The van der Waals surface area contributed by atoms with Crippen LogP contribution in [0, 0.1) is 0 Å². The van der Waals surface area contributed by atoms with Gasteiger partial charge in [0.25, 0.3) is 0 Å². The van der Waals surface area contributed by atoms with Gasteiger partial charge in [-0.25, -0.2) is 4.79 Å². The molecule has 1 N–H and O–H groups in total. The quantitative estimate of drug-likeness (QED) is 0.629. The summed E-state index contributed by atoms with van der Waals surface area (Å²) in [5.41, 5.74) is 5.89. The normalized spacial score (nSPS) is 20.4. The summed E-state index contributed by atoms with van der Waals surface area (Å²) in [5.74, 6) is 0.0291. The average molecular weight is 397 g/mol. The number of anilines is 1. The van der Waals surface area contributed by atoms with Crippen molar-refractivity contribution < 1.29 is 14.6 Å². The van der Waals surface area contributed by atoms with Crippen molar-refractivity contribution in [1.29, 1.82) is 0 Å². The van der Waals surface area contributed by atoms with Gasteiger partial charge < -0.3 is 9.84 Å². The molecule has 1 atom stereocenters. The lowest BCUT2D eigenvalue weighted by molar-refractivity contribution is 0.0370. The van der Waals surface area contributed by atoms with Crippen LogP contribution in [0.4, 0.5) is 10.5 Å². The van der Waals surface area contributed by atoms with Crippen LogP contribution in [0.25, 0.3) is 11.1 Å². The minimum Gasteiger partial charge on any atom is -0.448 e. The van der Waals surface area contributed by atoms with E-state index in [4.69, 9.17) is 4.74 Å². The molecule has 1 aliphatic heterocycles. The Morgan fingerprint density at radius 2 is 1.47 bits per heavy atom.